The fourth-order valence-electron chi connectivity index (χ4n) is 7.11. The van der Waals surface area contributed by atoms with Gasteiger partial charge in [0.2, 0.25) is 41.4 Å². The van der Waals surface area contributed by atoms with Crippen LogP contribution in [0.4, 0.5) is 0 Å². The van der Waals surface area contributed by atoms with E-state index < -0.39 is 71.7 Å². The van der Waals surface area contributed by atoms with Gasteiger partial charge in [-0.15, -0.1) is 0 Å². The van der Waals surface area contributed by atoms with Crippen molar-refractivity contribution in [2.24, 2.45) is 17.8 Å². The maximum absolute atomic E-state index is 14.4. The van der Waals surface area contributed by atoms with Gasteiger partial charge >= 0.3 is 0 Å². The minimum atomic E-state index is -1.12. The molecule has 0 aromatic heterocycles. The van der Waals surface area contributed by atoms with Crippen LogP contribution in [0.25, 0.3) is 0 Å². The van der Waals surface area contributed by atoms with E-state index in [1.807, 2.05) is 71.9 Å². The smallest absolute Gasteiger partial charge is 0.246 e. The molecule has 9 unspecified atom stereocenters. The molecule has 300 valence electrons. The van der Waals surface area contributed by atoms with Gasteiger partial charge in [-0.05, 0) is 49.0 Å². The third kappa shape index (κ3) is 11.5. The number of likely N-dealkylation sites (N-methyl/N-ethyl adjacent to an activating group) is 1. The number of fused-ring (bicyclic) bond motifs is 1. The number of hydrogen-bond donors (Lipinski definition) is 5. The first kappa shape index (κ1) is 43.9. The Kier molecular flexibility index (Phi) is 16.9. The number of hydrogen-bond acceptors (Lipinski definition) is 7. The normalized spacial score (nSPS) is 25.7. The molecular formula is C40H63N7O7. The molecule has 2 heterocycles. The first-order valence-electron chi connectivity index (χ1n) is 19.7. The molecule has 0 bridgehead atoms. The maximum Gasteiger partial charge on any atom is 0.246 e. The SMILES string of the molecule is CCC(C)C1NC(=O)C(C(C)CC)NC(=O)C2CCCN2C(=O)C(Cc2ccccc2)NC(=O)C(NC(=O)C(C(C)CC)N(C)C(C)=O)CCCNC1=O. The molecule has 7 amide bonds. The van der Waals surface area contributed by atoms with Crippen LogP contribution in [-0.2, 0) is 40.0 Å². The molecule has 1 aromatic carbocycles. The molecule has 5 N–H and O–H groups in total. The highest BCUT2D eigenvalue weighted by Crippen LogP contribution is 2.22. The van der Waals surface area contributed by atoms with E-state index in [2.05, 4.69) is 26.6 Å². The summed E-state index contributed by atoms with van der Waals surface area (Å²) in [5.41, 5.74) is 0.783. The van der Waals surface area contributed by atoms with Crippen LogP contribution in [0.5, 0.6) is 0 Å². The summed E-state index contributed by atoms with van der Waals surface area (Å²) >= 11 is 0. The van der Waals surface area contributed by atoms with E-state index in [1.165, 1.54) is 16.7 Å². The minimum Gasteiger partial charge on any atom is -0.354 e. The van der Waals surface area contributed by atoms with Gasteiger partial charge in [-0.25, -0.2) is 0 Å². The largest absolute Gasteiger partial charge is 0.354 e. The molecule has 14 heteroatoms. The molecule has 0 radical (unpaired) electrons. The van der Waals surface area contributed by atoms with Gasteiger partial charge in [-0.3, -0.25) is 33.6 Å². The molecule has 2 aliphatic rings. The van der Waals surface area contributed by atoms with Gasteiger partial charge in [0.25, 0.3) is 0 Å². The summed E-state index contributed by atoms with van der Waals surface area (Å²) in [6.45, 7) is 13.1. The van der Waals surface area contributed by atoms with E-state index in [0.29, 0.717) is 32.1 Å². The highest BCUT2D eigenvalue weighted by Gasteiger charge is 2.41. The van der Waals surface area contributed by atoms with Crippen LogP contribution in [-0.4, -0.2) is 108 Å². The van der Waals surface area contributed by atoms with Crippen LogP contribution in [0.2, 0.25) is 0 Å². The second-order valence-corrected chi connectivity index (χ2v) is 15.1. The number of nitrogens with one attached hydrogen (secondary N) is 5. The van der Waals surface area contributed by atoms with Crippen molar-refractivity contribution in [2.75, 3.05) is 20.1 Å². The quantitative estimate of drug-likeness (QED) is 0.229. The molecule has 0 saturated carbocycles. The lowest BCUT2D eigenvalue weighted by Gasteiger charge is -2.34. The summed E-state index contributed by atoms with van der Waals surface area (Å²) in [5, 5.41) is 14.5. The predicted molar refractivity (Wildman–Crippen MR) is 205 cm³/mol. The first-order chi connectivity index (χ1) is 25.6. The van der Waals surface area contributed by atoms with Crippen LogP contribution in [0.15, 0.2) is 30.3 Å². The Hall–Kier alpha value is -4.49. The Morgan fingerprint density at radius 1 is 0.815 bits per heavy atom. The lowest BCUT2D eigenvalue weighted by atomic mass is 9.94. The summed E-state index contributed by atoms with van der Waals surface area (Å²) in [6, 6.07) is 3.44. The van der Waals surface area contributed by atoms with Crippen molar-refractivity contribution in [1.29, 1.82) is 0 Å². The van der Waals surface area contributed by atoms with Crippen molar-refractivity contribution in [3.05, 3.63) is 35.9 Å². The minimum absolute atomic E-state index is 0.103. The first-order valence-corrected chi connectivity index (χ1v) is 19.7. The number of amides is 7. The van der Waals surface area contributed by atoms with E-state index in [-0.39, 0.29) is 56.0 Å². The summed E-state index contributed by atoms with van der Waals surface area (Å²) in [4.78, 5) is 99.2. The van der Waals surface area contributed by atoms with Crippen LogP contribution < -0.4 is 26.6 Å². The highest BCUT2D eigenvalue weighted by molar-refractivity contribution is 5.97. The van der Waals surface area contributed by atoms with E-state index in [0.717, 1.165) is 5.56 Å². The van der Waals surface area contributed by atoms with E-state index in [4.69, 9.17) is 0 Å². The Balaban J connectivity index is 2.07. The van der Waals surface area contributed by atoms with Gasteiger partial charge in [-0.1, -0.05) is 91.1 Å². The molecule has 14 nitrogen and oxygen atoms in total. The Labute approximate surface area is 320 Å². The van der Waals surface area contributed by atoms with Gasteiger partial charge in [-0.2, -0.15) is 0 Å². The number of carbonyl (C=O) groups is 7. The van der Waals surface area contributed by atoms with Crippen molar-refractivity contribution in [2.45, 2.75) is 136 Å². The van der Waals surface area contributed by atoms with Gasteiger partial charge in [0, 0.05) is 33.5 Å². The molecule has 3 rings (SSSR count). The fourth-order valence-corrected chi connectivity index (χ4v) is 7.11. The molecule has 0 spiro atoms. The number of nitrogens with zero attached hydrogens (tertiary/aromatic N) is 2. The average Bonchev–Trinajstić information content (AvgIpc) is 3.66. The van der Waals surface area contributed by atoms with Crippen molar-refractivity contribution in [1.82, 2.24) is 36.4 Å². The number of benzene rings is 1. The summed E-state index contributed by atoms with van der Waals surface area (Å²) in [5.74, 6) is -3.92. The van der Waals surface area contributed by atoms with Gasteiger partial charge in [0.15, 0.2) is 0 Å². The monoisotopic (exact) mass is 753 g/mol. The van der Waals surface area contributed by atoms with Crippen LogP contribution in [0, 0.1) is 17.8 Å². The lowest BCUT2D eigenvalue weighted by molar-refractivity contribution is -0.143. The maximum atomic E-state index is 14.4. The summed E-state index contributed by atoms with van der Waals surface area (Å²) < 4.78 is 0. The second-order valence-electron chi connectivity index (χ2n) is 15.1. The predicted octanol–water partition coefficient (Wildman–Crippen LogP) is 2.05. The third-order valence-corrected chi connectivity index (χ3v) is 11.3. The van der Waals surface area contributed by atoms with Crippen LogP contribution in [0.3, 0.4) is 0 Å². The van der Waals surface area contributed by atoms with Gasteiger partial charge < -0.3 is 36.4 Å². The lowest BCUT2D eigenvalue weighted by Crippen LogP contribution is -2.61. The molecule has 2 fully saturated rings. The van der Waals surface area contributed by atoms with Crippen molar-refractivity contribution >= 4 is 41.4 Å². The van der Waals surface area contributed by atoms with E-state index >= 15 is 0 Å². The Morgan fingerprint density at radius 2 is 1.43 bits per heavy atom. The van der Waals surface area contributed by atoms with Crippen molar-refractivity contribution < 1.29 is 33.6 Å². The van der Waals surface area contributed by atoms with Crippen molar-refractivity contribution in [3.63, 3.8) is 0 Å². The van der Waals surface area contributed by atoms with Gasteiger partial charge in [0.1, 0.15) is 36.3 Å². The molecule has 0 aliphatic carbocycles. The topological polar surface area (TPSA) is 186 Å². The average molecular weight is 754 g/mol. The standard InChI is InChI=1S/C40H63N7O7/c1-9-24(4)32-37(51)41-21-15-19-29(42-39(53)34(26(6)11-3)46(8)27(7)48)35(49)43-30(23-28-17-13-12-14-18-28)40(54)47-22-16-20-31(47)36(50)44-33(25(5)10-2)38(52)45-32/h12-14,17-18,24-26,29-34H,9-11,15-16,19-23H2,1-8H3,(H,41,51)(H,42,53)(H,43,49)(H,44,50)(H,45,52). The summed E-state index contributed by atoms with van der Waals surface area (Å²) in [7, 11) is 1.55. The Morgan fingerprint density at radius 3 is 2.02 bits per heavy atom. The molecule has 1 aromatic rings. The third-order valence-electron chi connectivity index (χ3n) is 11.3. The fraction of sp³-hybridized carbons (Fsp3) is 0.675. The Bertz CT molecular complexity index is 1470. The molecule has 2 aliphatic heterocycles. The zero-order chi connectivity index (χ0) is 40.1. The van der Waals surface area contributed by atoms with Crippen LogP contribution >= 0.6 is 0 Å². The zero-order valence-electron chi connectivity index (χ0n) is 33.4. The zero-order valence-corrected chi connectivity index (χ0v) is 33.4. The summed E-state index contributed by atoms with van der Waals surface area (Å²) in [6.07, 6.45) is 3.21. The molecule has 2 saturated heterocycles. The molecule has 54 heavy (non-hydrogen) atoms. The van der Waals surface area contributed by atoms with Crippen LogP contribution in [0.1, 0.15) is 99.0 Å². The molecule has 9 atom stereocenters. The van der Waals surface area contributed by atoms with E-state index in [1.54, 1.807) is 7.05 Å². The highest BCUT2D eigenvalue weighted by atomic mass is 16.2. The van der Waals surface area contributed by atoms with E-state index in [9.17, 15) is 33.6 Å². The number of carbonyl (C=O) groups excluding carboxylic acids is 7. The van der Waals surface area contributed by atoms with Crippen molar-refractivity contribution in [3.8, 4) is 0 Å². The number of rotatable bonds is 11. The van der Waals surface area contributed by atoms with Gasteiger partial charge in [0.05, 0.1) is 0 Å². The second kappa shape index (κ2) is 20.8. The molecular weight excluding hydrogens is 690 g/mol.